The number of nitrogens with one attached hydrogen (secondary N) is 1. The van der Waals surface area contributed by atoms with Crippen molar-refractivity contribution in [1.82, 2.24) is 5.32 Å². The topological polar surface area (TPSA) is 50.7 Å². The molecule has 27 heavy (non-hydrogen) atoms. The summed E-state index contributed by atoms with van der Waals surface area (Å²) in [5.74, 6) is 0.533. The quantitative estimate of drug-likeness (QED) is 0.614. The number of rotatable bonds is 8. The molecule has 0 atom stereocenters. The van der Waals surface area contributed by atoms with Crippen molar-refractivity contribution in [3.63, 3.8) is 0 Å². The zero-order valence-electron chi connectivity index (χ0n) is 15.0. The first-order valence-corrected chi connectivity index (χ1v) is 8.92. The number of para-hydroxylation sites is 1. The van der Waals surface area contributed by atoms with Gasteiger partial charge in [0, 0.05) is 12.8 Å². The molecular weight excluding hydrogens is 336 g/mol. The predicted molar refractivity (Wildman–Crippen MR) is 109 cm³/mol. The molecule has 0 heterocycles. The zero-order chi connectivity index (χ0) is 18.7. The van der Waals surface area contributed by atoms with Gasteiger partial charge in [-0.05, 0) is 53.9 Å². The van der Waals surface area contributed by atoms with Gasteiger partial charge in [-0.1, -0.05) is 48.5 Å². The maximum absolute atomic E-state index is 11.9. The van der Waals surface area contributed by atoms with Crippen molar-refractivity contribution >= 4 is 17.8 Å². The molecule has 0 aliphatic carbocycles. The fourth-order valence-corrected chi connectivity index (χ4v) is 2.50. The second kappa shape index (κ2) is 9.92. The van der Waals surface area contributed by atoms with Crippen LogP contribution in [-0.4, -0.2) is 25.3 Å². The molecule has 0 fully saturated rings. The number of benzene rings is 3. The first-order valence-electron chi connectivity index (χ1n) is 8.92. The summed E-state index contributed by atoms with van der Waals surface area (Å²) in [6.07, 6.45) is 2.61. The normalized spacial score (nSPS) is 10.7. The third kappa shape index (κ3) is 6.44. The van der Waals surface area contributed by atoms with Gasteiger partial charge >= 0.3 is 0 Å². The van der Waals surface area contributed by atoms with Crippen LogP contribution < -0.4 is 10.1 Å². The van der Waals surface area contributed by atoms with Crippen molar-refractivity contribution < 1.29 is 9.53 Å². The summed E-state index contributed by atoms with van der Waals surface area (Å²) in [6, 6.07) is 27.3. The number of carbonyl (C=O) groups excluding carboxylic acids is 1. The number of aliphatic imine (C=N–C) groups is 1. The number of nitrogens with zero attached hydrogens (tertiary/aromatic N) is 1. The van der Waals surface area contributed by atoms with Crippen LogP contribution in [0.1, 0.15) is 11.1 Å². The summed E-state index contributed by atoms with van der Waals surface area (Å²) in [6.45, 7) is 0.604. The summed E-state index contributed by atoms with van der Waals surface area (Å²) in [5, 5.41) is 2.87. The molecule has 0 bridgehead atoms. The monoisotopic (exact) mass is 358 g/mol. The highest BCUT2D eigenvalue weighted by Gasteiger charge is 2.02. The molecule has 0 radical (unpaired) electrons. The molecule has 0 saturated carbocycles. The lowest BCUT2D eigenvalue weighted by Crippen LogP contribution is -2.30. The molecule has 0 aliphatic heterocycles. The van der Waals surface area contributed by atoms with E-state index in [1.807, 2.05) is 84.9 Å². The van der Waals surface area contributed by atoms with E-state index in [-0.39, 0.29) is 12.5 Å². The van der Waals surface area contributed by atoms with Crippen LogP contribution >= 0.6 is 0 Å². The van der Waals surface area contributed by atoms with Crippen molar-refractivity contribution in [2.45, 2.75) is 6.42 Å². The summed E-state index contributed by atoms with van der Waals surface area (Å²) < 4.78 is 5.53. The molecule has 1 amide bonds. The third-order valence-corrected chi connectivity index (χ3v) is 3.95. The summed E-state index contributed by atoms with van der Waals surface area (Å²) in [5.41, 5.74) is 3.08. The number of hydrogen-bond acceptors (Lipinski definition) is 3. The third-order valence-electron chi connectivity index (χ3n) is 3.95. The van der Waals surface area contributed by atoms with Gasteiger partial charge in [0.15, 0.2) is 6.61 Å². The van der Waals surface area contributed by atoms with Gasteiger partial charge in [0.25, 0.3) is 5.91 Å². The van der Waals surface area contributed by atoms with Crippen LogP contribution in [0.2, 0.25) is 0 Å². The largest absolute Gasteiger partial charge is 0.484 e. The molecule has 1 N–H and O–H groups in total. The van der Waals surface area contributed by atoms with E-state index < -0.39 is 0 Å². The Balaban J connectivity index is 1.40. The number of hydrogen-bond donors (Lipinski definition) is 1. The number of ether oxygens (including phenoxy) is 1. The Morgan fingerprint density at radius 3 is 2.26 bits per heavy atom. The maximum atomic E-state index is 11.9. The molecule has 0 aromatic heterocycles. The SMILES string of the molecule is O=C(COc1ccc(C=Nc2ccccc2)cc1)NCCc1ccccc1. The van der Waals surface area contributed by atoms with Crippen LogP contribution in [0.15, 0.2) is 89.9 Å². The lowest BCUT2D eigenvalue weighted by atomic mass is 10.1. The van der Waals surface area contributed by atoms with E-state index in [2.05, 4.69) is 10.3 Å². The van der Waals surface area contributed by atoms with Crippen molar-refractivity contribution in [2.24, 2.45) is 4.99 Å². The van der Waals surface area contributed by atoms with E-state index in [0.717, 1.165) is 17.7 Å². The van der Waals surface area contributed by atoms with Crippen LogP contribution in [0, 0.1) is 0 Å². The Labute approximate surface area is 159 Å². The van der Waals surface area contributed by atoms with E-state index in [1.54, 1.807) is 6.21 Å². The van der Waals surface area contributed by atoms with Crippen LogP contribution in [0.5, 0.6) is 5.75 Å². The van der Waals surface area contributed by atoms with Gasteiger partial charge in [0.1, 0.15) is 5.75 Å². The van der Waals surface area contributed by atoms with E-state index >= 15 is 0 Å². The molecule has 4 nitrogen and oxygen atoms in total. The van der Waals surface area contributed by atoms with Crippen molar-refractivity contribution in [1.29, 1.82) is 0 Å². The summed E-state index contributed by atoms with van der Waals surface area (Å²) in [4.78, 5) is 16.3. The van der Waals surface area contributed by atoms with Crippen LogP contribution in [0.3, 0.4) is 0 Å². The standard InChI is InChI=1S/C23H22N2O2/c26-23(24-16-15-19-7-3-1-4-8-19)18-27-22-13-11-20(12-14-22)17-25-21-9-5-2-6-10-21/h1-14,17H,15-16,18H2,(H,24,26). The maximum Gasteiger partial charge on any atom is 0.257 e. The molecule has 0 saturated heterocycles. The molecule has 136 valence electrons. The number of carbonyl (C=O) groups is 1. The lowest BCUT2D eigenvalue weighted by molar-refractivity contribution is -0.123. The first kappa shape index (κ1) is 18.4. The molecule has 3 aromatic carbocycles. The van der Waals surface area contributed by atoms with E-state index in [4.69, 9.17) is 4.74 Å². The van der Waals surface area contributed by atoms with Gasteiger partial charge in [-0.25, -0.2) is 0 Å². The minimum Gasteiger partial charge on any atom is -0.484 e. The van der Waals surface area contributed by atoms with Crippen LogP contribution in [0.25, 0.3) is 0 Å². The summed E-state index contributed by atoms with van der Waals surface area (Å²) in [7, 11) is 0. The van der Waals surface area contributed by atoms with Gasteiger partial charge in [-0.2, -0.15) is 0 Å². The predicted octanol–water partition coefficient (Wildman–Crippen LogP) is 4.17. The van der Waals surface area contributed by atoms with Gasteiger partial charge in [-0.3, -0.25) is 9.79 Å². The fourth-order valence-electron chi connectivity index (χ4n) is 2.50. The second-order valence-corrected chi connectivity index (χ2v) is 6.04. The van der Waals surface area contributed by atoms with E-state index in [9.17, 15) is 4.79 Å². The number of amides is 1. The highest BCUT2D eigenvalue weighted by Crippen LogP contribution is 2.13. The molecule has 0 spiro atoms. The van der Waals surface area contributed by atoms with Gasteiger partial charge < -0.3 is 10.1 Å². The summed E-state index contributed by atoms with van der Waals surface area (Å²) >= 11 is 0. The first-order chi connectivity index (χ1) is 13.3. The molecular formula is C23H22N2O2. The van der Waals surface area contributed by atoms with E-state index in [0.29, 0.717) is 12.3 Å². The minimum absolute atomic E-state index is 0.00619. The average molecular weight is 358 g/mol. The average Bonchev–Trinajstić information content (AvgIpc) is 2.73. The van der Waals surface area contributed by atoms with Crippen LogP contribution in [-0.2, 0) is 11.2 Å². The van der Waals surface area contributed by atoms with Crippen LogP contribution in [0.4, 0.5) is 5.69 Å². The van der Waals surface area contributed by atoms with E-state index in [1.165, 1.54) is 5.56 Å². The van der Waals surface area contributed by atoms with Gasteiger partial charge in [0.2, 0.25) is 0 Å². The van der Waals surface area contributed by atoms with Crippen molar-refractivity contribution in [3.8, 4) is 5.75 Å². The van der Waals surface area contributed by atoms with Crippen molar-refractivity contribution in [3.05, 3.63) is 96.1 Å². The van der Waals surface area contributed by atoms with Gasteiger partial charge in [-0.15, -0.1) is 0 Å². The molecule has 3 rings (SSSR count). The zero-order valence-corrected chi connectivity index (χ0v) is 15.0. The molecule has 4 heteroatoms. The Hall–Kier alpha value is -3.40. The Kier molecular flexibility index (Phi) is 6.76. The second-order valence-electron chi connectivity index (χ2n) is 6.04. The Bertz CT molecular complexity index is 860. The fraction of sp³-hybridized carbons (Fsp3) is 0.130. The van der Waals surface area contributed by atoms with Gasteiger partial charge in [0.05, 0.1) is 5.69 Å². The molecule has 0 unspecified atom stereocenters. The lowest BCUT2D eigenvalue weighted by Gasteiger charge is -2.08. The molecule has 0 aliphatic rings. The highest BCUT2D eigenvalue weighted by molar-refractivity contribution is 5.82. The highest BCUT2D eigenvalue weighted by atomic mass is 16.5. The minimum atomic E-state index is -0.124. The van der Waals surface area contributed by atoms with Crippen molar-refractivity contribution in [2.75, 3.05) is 13.2 Å². The Morgan fingerprint density at radius 1 is 0.889 bits per heavy atom. The Morgan fingerprint density at radius 2 is 1.56 bits per heavy atom. The smallest absolute Gasteiger partial charge is 0.257 e. The molecule has 3 aromatic rings.